The van der Waals surface area contributed by atoms with E-state index in [4.69, 9.17) is 10.0 Å². The van der Waals surface area contributed by atoms with Gasteiger partial charge in [0.25, 0.3) is 0 Å². The quantitative estimate of drug-likeness (QED) is 0.548. The summed E-state index contributed by atoms with van der Waals surface area (Å²) in [6, 6.07) is 0. The fourth-order valence-electron chi connectivity index (χ4n) is 1.02. The molecule has 0 saturated heterocycles. The third-order valence-electron chi connectivity index (χ3n) is 1.69. The van der Waals surface area contributed by atoms with Gasteiger partial charge in [0.1, 0.15) is 0 Å². The molecule has 5 heteroatoms. The molecule has 0 radical (unpaired) electrons. The van der Waals surface area contributed by atoms with Crippen molar-refractivity contribution in [2.24, 2.45) is 5.92 Å². The molecule has 0 amide bonds. The van der Waals surface area contributed by atoms with E-state index in [0.717, 1.165) is 18.8 Å². The Hall–Kier alpha value is 1.32. The predicted molar refractivity (Wildman–Crippen MR) is 49.4 cm³/mol. The molecule has 0 aliphatic carbocycles. The Morgan fingerprint density at radius 2 is 1.77 bits per heavy atom. The molecule has 0 atom stereocenters. The van der Waals surface area contributed by atoms with Crippen molar-refractivity contribution in [2.45, 2.75) is 39.5 Å². The second kappa shape index (κ2) is 11.4. The van der Waals surface area contributed by atoms with Crippen LogP contribution in [-0.2, 0) is 4.65 Å². The largest absolute Gasteiger partial charge is 0.633 e. The van der Waals surface area contributed by atoms with E-state index >= 15 is 0 Å². The molecule has 0 aromatic carbocycles. The van der Waals surface area contributed by atoms with Gasteiger partial charge >= 0.3 is 7.32 Å². The van der Waals surface area contributed by atoms with Gasteiger partial charge in [-0.25, -0.2) is 0 Å². The first-order valence-corrected chi connectivity index (χ1v) is 4.60. The van der Waals surface area contributed by atoms with Crippen LogP contribution in [0.4, 0.5) is 0 Å². The van der Waals surface area contributed by atoms with Crippen LogP contribution in [0, 0.1) is 47.7 Å². The molecule has 0 aliphatic rings. The Kier molecular flexibility index (Phi) is 14.7. The molecule has 0 heterocycles. The average molecular weight is 314 g/mol. The van der Waals surface area contributed by atoms with Gasteiger partial charge in [-0.3, -0.25) is 0 Å². The summed E-state index contributed by atoms with van der Waals surface area (Å²) in [6.07, 6.45) is 4.44. The zero-order valence-corrected chi connectivity index (χ0v) is 11.6. The molecule has 0 aromatic rings. The van der Waals surface area contributed by atoms with Crippen molar-refractivity contribution >= 4 is 7.32 Å². The molecule has 0 bridgehead atoms. The zero-order valence-electron chi connectivity index (χ0n) is 8.49. The van der Waals surface area contributed by atoms with Crippen LogP contribution in [-0.4, -0.2) is 24.0 Å². The maximum absolute atomic E-state index is 8.33. The second-order valence-corrected chi connectivity index (χ2v) is 3.44. The van der Waals surface area contributed by atoms with E-state index in [-0.39, 0.29) is 41.7 Å². The molecule has 0 aliphatic heterocycles. The number of rotatable bonds is 7. The van der Waals surface area contributed by atoms with Crippen molar-refractivity contribution in [1.82, 2.24) is 0 Å². The minimum absolute atomic E-state index is 0. The van der Waals surface area contributed by atoms with Gasteiger partial charge in [-0.2, -0.15) is 0 Å². The molecular weight excluding hydrogens is 295 g/mol. The minimum Gasteiger partial charge on any atom is -0.402 e. The van der Waals surface area contributed by atoms with E-state index in [1.165, 1.54) is 12.8 Å². The first-order valence-electron chi connectivity index (χ1n) is 4.60. The Labute approximate surface area is 115 Å². The molecule has 3 nitrogen and oxygen atoms in total. The zero-order chi connectivity index (χ0) is 9.40. The van der Waals surface area contributed by atoms with Crippen LogP contribution in [0.2, 0.25) is 0 Å². The fourth-order valence-corrected chi connectivity index (χ4v) is 1.02. The number of unbranched alkanes of at least 4 members (excludes halogenated alkanes) is 2. The monoisotopic (exact) mass is 314 g/mol. The number of hydrogen-bond donors (Lipinski definition) is 2. The van der Waals surface area contributed by atoms with Crippen molar-refractivity contribution in [3.63, 3.8) is 0 Å². The van der Waals surface area contributed by atoms with Gasteiger partial charge in [0.15, 0.2) is 0 Å². The Bertz CT molecular complexity index is 89.4. The summed E-state index contributed by atoms with van der Waals surface area (Å²) < 4.78 is 4.56. The van der Waals surface area contributed by atoms with Crippen LogP contribution < -0.4 is 0 Å². The summed E-state index contributed by atoms with van der Waals surface area (Å²) in [5, 5.41) is 16.7. The van der Waals surface area contributed by atoms with E-state index in [1.54, 1.807) is 0 Å². The van der Waals surface area contributed by atoms with Gasteiger partial charge in [-0.05, 0) is 12.3 Å². The Morgan fingerprint density at radius 1 is 1.15 bits per heavy atom. The predicted octanol–water partition coefficient (Wildman–Crippen LogP) is 1.19. The summed E-state index contributed by atoms with van der Waals surface area (Å²) in [5.41, 5.74) is 0. The van der Waals surface area contributed by atoms with E-state index in [9.17, 15) is 0 Å². The number of hydrogen-bond acceptors (Lipinski definition) is 3. The first-order chi connectivity index (χ1) is 5.63. The Balaban J connectivity index is 0. The van der Waals surface area contributed by atoms with Gasteiger partial charge in [0.2, 0.25) is 0 Å². The van der Waals surface area contributed by atoms with Crippen molar-refractivity contribution in [3.8, 4) is 0 Å². The molecule has 0 fully saturated rings. The van der Waals surface area contributed by atoms with Crippen LogP contribution in [0.1, 0.15) is 39.5 Å². The van der Waals surface area contributed by atoms with Gasteiger partial charge in [0, 0.05) is 48.4 Å². The summed E-state index contributed by atoms with van der Waals surface area (Å²) in [5.74, 6) is 0.759. The van der Waals surface area contributed by atoms with Crippen molar-refractivity contribution in [3.05, 3.63) is 0 Å². The molecule has 0 spiro atoms. The smallest absolute Gasteiger partial charge is 0.402 e. The van der Waals surface area contributed by atoms with Gasteiger partial charge < -0.3 is 14.7 Å². The summed E-state index contributed by atoms with van der Waals surface area (Å²) in [4.78, 5) is 0. The van der Waals surface area contributed by atoms with Crippen molar-refractivity contribution in [1.29, 1.82) is 0 Å². The van der Waals surface area contributed by atoms with E-state index in [2.05, 4.69) is 18.5 Å². The summed E-state index contributed by atoms with van der Waals surface area (Å²) in [6.45, 7) is 4.84. The maximum Gasteiger partial charge on any atom is 0.633 e. The first kappa shape index (κ1) is 16.7. The molecule has 0 rings (SSSR count). The molecule has 2 N–H and O–H groups in total. The summed E-state index contributed by atoms with van der Waals surface area (Å²) in [7, 11) is -1.60. The van der Waals surface area contributed by atoms with Crippen LogP contribution in [0.15, 0.2) is 0 Å². The fraction of sp³-hybridized carbons (Fsp3) is 1.00. The van der Waals surface area contributed by atoms with Gasteiger partial charge in [0.05, 0.1) is 0 Å². The Morgan fingerprint density at radius 3 is 2.23 bits per heavy atom. The van der Waals surface area contributed by atoms with Gasteiger partial charge in [-0.1, -0.05) is 33.1 Å². The van der Waals surface area contributed by atoms with Crippen LogP contribution >= 0.6 is 0 Å². The molecule has 0 aromatic heterocycles. The third-order valence-corrected chi connectivity index (χ3v) is 1.69. The molecule has 76 valence electrons. The standard InChI is InChI=1S/C8H19BO3.Ce/c1-8(2)6-4-3-5-7-12-9(10)11;/h8,10-11H,3-7H2,1-2H3;. The van der Waals surface area contributed by atoms with E-state index in [1.807, 2.05) is 0 Å². The molecule has 0 saturated carbocycles. The minimum atomic E-state index is -1.60. The normalized spacial score (nSPS) is 9.92. The van der Waals surface area contributed by atoms with E-state index < -0.39 is 7.32 Å². The average Bonchev–Trinajstić information content (AvgIpc) is 1.95. The SMILES string of the molecule is CC(C)CCCCCOB(O)O.[Ce]. The van der Waals surface area contributed by atoms with Crippen LogP contribution in [0.5, 0.6) is 0 Å². The molecular formula is C8H19BCeO3. The van der Waals surface area contributed by atoms with Crippen LogP contribution in [0.3, 0.4) is 0 Å². The second-order valence-electron chi connectivity index (χ2n) is 3.44. The topological polar surface area (TPSA) is 49.7 Å². The third kappa shape index (κ3) is 16.0. The van der Waals surface area contributed by atoms with E-state index in [0.29, 0.717) is 6.61 Å². The van der Waals surface area contributed by atoms with Gasteiger partial charge in [-0.15, -0.1) is 0 Å². The van der Waals surface area contributed by atoms with Crippen molar-refractivity contribution in [2.75, 3.05) is 6.61 Å². The molecule has 0 unspecified atom stereocenters. The molecule has 13 heavy (non-hydrogen) atoms. The summed E-state index contributed by atoms with van der Waals surface area (Å²) >= 11 is 0. The maximum atomic E-state index is 8.33. The van der Waals surface area contributed by atoms with Crippen molar-refractivity contribution < 1.29 is 56.4 Å². The van der Waals surface area contributed by atoms with Crippen LogP contribution in [0.25, 0.3) is 0 Å².